The first kappa shape index (κ1) is 28.4. The van der Waals surface area contributed by atoms with Crippen molar-refractivity contribution in [1.29, 1.82) is 0 Å². The Morgan fingerprint density at radius 3 is 2.44 bits per heavy atom. The third-order valence-corrected chi connectivity index (χ3v) is 8.10. The molecule has 1 aliphatic heterocycles. The second-order valence-corrected chi connectivity index (χ2v) is 11.0. The molecule has 41 heavy (non-hydrogen) atoms. The van der Waals surface area contributed by atoms with E-state index in [4.69, 9.17) is 5.73 Å². The van der Waals surface area contributed by atoms with Gasteiger partial charge in [0.15, 0.2) is 5.67 Å². The molecule has 11 heteroatoms. The molecule has 0 unspecified atom stereocenters. The van der Waals surface area contributed by atoms with Gasteiger partial charge in [-0.2, -0.15) is 0 Å². The normalized spacial score (nSPS) is 20.3. The van der Waals surface area contributed by atoms with E-state index in [2.05, 4.69) is 52.1 Å². The lowest BCUT2D eigenvalue weighted by molar-refractivity contribution is -0.141. The third kappa shape index (κ3) is 6.79. The lowest BCUT2D eigenvalue weighted by Crippen LogP contribution is -2.55. The number of alkyl halides is 1. The summed E-state index contributed by atoms with van der Waals surface area (Å²) in [5, 5.41) is 14.2. The Morgan fingerprint density at radius 1 is 1.10 bits per heavy atom. The largest absolute Gasteiger partial charge is 0.367 e. The molecule has 10 nitrogen and oxygen atoms in total. The Bertz CT molecular complexity index is 1350. The fourth-order valence-electron chi connectivity index (χ4n) is 5.36. The molecule has 1 saturated heterocycles. The molecule has 2 aliphatic rings. The minimum atomic E-state index is -2.11. The second kappa shape index (κ2) is 12.2. The maximum Gasteiger partial charge on any atom is 0.255 e. The summed E-state index contributed by atoms with van der Waals surface area (Å²) < 4.78 is 16.3. The number of rotatable bonds is 11. The van der Waals surface area contributed by atoms with E-state index in [1.165, 1.54) is 16.0 Å². The molecule has 2 fully saturated rings. The predicted molar refractivity (Wildman–Crippen MR) is 151 cm³/mol. The van der Waals surface area contributed by atoms with Gasteiger partial charge >= 0.3 is 0 Å². The van der Waals surface area contributed by atoms with Gasteiger partial charge in [0.05, 0.1) is 18.1 Å². The number of primary amides is 1. The van der Waals surface area contributed by atoms with Gasteiger partial charge in [0.1, 0.15) is 6.04 Å². The predicted octanol–water partition coefficient (Wildman–Crippen LogP) is 2.42. The Kier molecular flexibility index (Phi) is 8.44. The topological polar surface area (TPSA) is 135 Å². The molecule has 1 aliphatic carbocycles. The van der Waals surface area contributed by atoms with Crippen LogP contribution in [0.3, 0.4) is 0 Å². The Labute approximate surface area is 238 Å². The molecule has 4 N–H and O–H groups in total. The lowest BCUT2D eigenvalue weighted by Gasteiger charge is -2.36. The number of carbonyl (C=O) groups is 3. The number of likely N-dealkylation sites (tertiary alicyclic amines) is 1. The van der Waals surface area contributed by atoms with Crippen molar-refractivity contribution in [1.82, 2.24) is 30.5 Å². The number of benzene rings is 2. The summed E-state index contributed by atoms with van der Waals surface area (Å²) in [6, 6.07) is 15.1. The van der Waals surface area contributed by atoms with Crippen LogP contribution >= 0.6 is 0 Å². The van der Waals surface area contributed by atoms with Crippen LogP contribution in [0.1, 0.15) is 59.5 Å². The Hall–Kier alpha value is -4.12. The molecule has 0 spiro atoms. The molecular weight excluding hydrogens is 525 g/mol. The van der Waals surface area contributed by atoms with Gasteiger partial charge in [0.2, 0.25) is 5.91 Å². The van der Waals surface area contributed by atoms with Crippen molar-refractivity contribution in [3.8, 4) is 5.69 Å². The van der Waals surface area contributed by atoms with E-state index in [9.17, 15) is 18.8 Å². The summed E-state index contributed by atoms with van der Waals surface area (Å²) in [7, 11) is 0. The van der Waals surface area contributed by atoms with Crippen LogP contribution in [-0.2, 0) is 9.59 Å². The number of amides is 3. The molecule has 3 amide bonds. The summed E-state index contributed by atoms with van der Waals surface area (Å²) in [6.07, 6.45) is 5.13. The number of aromatic nitrogens is 3. The van der Waals surface area contributed by atoms with Crippen LogP contribution in [-0.4, -0.2) is 75.0 Å². The SMILES string of the molecule is Cc1ccc([C@@H]2C[C@H]2NCCC[C@H](NC(=O)c2ccc(-n3ccnn3)cc2)C(=O)N2CCC(F)(C(N)=O)CC2)cc1. The molecule has 216 valence electrons. The molecule has 0 radical (unpaired) electrons. The van der Waals surface area contributed by atoms with Crippen LogP contribution in [0.2, 0.25) is 0 Å². The fraction of sp³-hybridized carbons (Fsp3) is 0.433. The van der Waals surface area contributed by atoms with E-state index in [1.54, 1.807) is 41.3 Å². The van der Waals surface area contributed by atoms with Crippen molar-refractivity contribution in [2.75, 3.05) is 19.6 Å². The zero-order valence-electron chi connectivity index (χ0n) is 23.1. The number of nitrogens with zero attached hydrogens (tertiary/aromatic N) is 4. The minimum absolute atomic E-state index is 0.0653. The highest BCUT2D eigenvalue weighted by atomic mass is 19.1. The van der Waals surface area contributed by atoms with Crippen molar-refractivity contribution in [3.63, 3.8) is 0 Å². The van der Waals surface area contributed by atoms with Gasteiger partial charge in [-0.25, -0.2) is 9.07 Å². The van der Waals surface area contributed by atoms with Gasteiger partial charge in [-0.3, -0.25) is 14.4 Å². The summed E-state index contributed by atoms with van der Waals surface area (Å²) in [5.41, 5.74) is 6.84. The van der Waals surface area contributed by atoms with E-state index in [-0.39, 0.29) is 37.7 Å². The summed E-state index contributed by atoms with van der Waals surface area (Å²) in [6.45, 7) is 2.91. The summed E-state index contributed by atoms with van der Waals surface area (Å²) in [5.74, 6) is -1.17. The maximum absolute atomic E-state index is 14.7. The highest BCUT2D eigenvalue weighted by Crippen LogP contribution is 2.40. The highest BCUT2D eigenvalue weighted by molar-refractivity contribution is 5.97. The van der Waals surface area contributed by atoms with Gasteiger partial charge in [0.25, 0.3) is 11.8 Å². The van der Waals surface area contributed by atoms with E-state index in [0.29, 0.717) is 36.9 Å². The number of carbonyl (C=O) groups excluding carboxylic acids is 3. The number of aryl methyl sites for hydroxylation is 1. The minimum Gasteiger partial charge on any atom is -0.367 e. The summed E-state index contributed by atoms with van der Waals surface area (Å²) in [4.78, 5) is 39.7. The van der Waals surface area contributed by atoms with Crippen LogP contribution in [0.15, 0.2) is 60.9 Å². The molecule has 5 rings (SSSR count). The van der Waals surface area contributed by atoms with Crippen LogP contribution in [0, 0.1) is 6.92 Å². The standard InChI is InChI=1S/C30H36FN7O3/c1-20-4-6-21(7-5-20)24-19-26(24)33-14-2-3-25(28(40)37-16-12-30(31,13-17-37)29(32)41)35-27(39)22-8-10-23(11-9-22)38-18-15-34-36-38/h4-11,15,18,24-26,33H,2-3,12-14,16-17,19H2,1H3,(H2,32,41)(H,35,39)/t24-,25-,26+/m0/s1. The molecule has 2 heterocycles. The molecule has 3 atom stereocenters. The number of nitrogens with one attached hydrogen (secondary N) is 2. The van der Waals surface area contributed by atoms with Gasteiger partial charge in [0, 0.05) is 43.5 Å². The smallest absolute Gasteiger partial charge is 0.255 e. The van der Waals surface area contributed by atoms with Crippen LogP contribution in [0.4, 0.5) is 4.39 Å². The van der Waals surface area contributed by atoms with Crippen LogP contribution in [0.5, 0.6) is 0 Å². The van der Waals surface area contributed by atoms with E-state index in [0.717, 1.165) is 12.1 Å². The van der Waals surface area contributed by atoms with Crippen LogP contribution < -0.4 is 16.4 Å². The molecular formula is C30H36FN7O3. The third-order valence-electron chi connectivity index (χ3n) is 8.10. The van der Waals surface area contributed by atoms with E-state index < -0.39 is 17.6 Å². The quantitative estimate of drug-likeness (QED) is 0.308. The number of piperidine rings is 1. The van der Waals surface area contributed by atoms with Gasteiger partial charge < -0.3 is 21.3 Å². The van der Waals surface area contributed by atoms with E-state index >= 15 is 0 Å². The van der Waals surface area contributed by atoms with Crippen molar-refractivity contribution >= 4 is 17.7 Å². The number of hydrogen-bond donors (Lipinski definition) is 3. The first-order valence-electron chi connectivity index (χ1n) is 14.1. The highest BCUT2D eigenvalue weighted by Gasteiger charge is 2.42. The van der Waals surface area contributed by atoms with Crippen molar-refractivity contribution < 1.29 is 18.8 Å². The molecule has 3 aromatic rings. The molecule has 1 aromatic heterocycles. The zero-order chi connectivity index (χ0) is 29.0. The van der Waals surface area contributed by atoms with Crippen molar-refractivity contribution in [2.45, 2.75) is 62.7 Å². The van der Waals surface area contributed by atoms with Crippen molar-refractivity contribution in [3.05, 3.63) is 77.6 Å². The average molecular weight is 562 g/mol. The fourth-order valence-corrected chi connectivity index (χ4v) is 5.36. The van der Waals surface area contributed by atoms with Crippen LogP contribution in [0.25, 0.3) is 5.69 Å². The zero-order valence-corrected chi connectivity index (χ0v) is 23.1. The van der Waals surface area contributed by atoms with Gasteiger partial charge in [-0.05, 0) is 62.6 Å². The van der Waals surface area contributed by atoms with Gasteiger partial charge in [-0.1, -0.05) is 35.0 Å². The number of nitrogens with two attached hydrogens (primary N) is 1. The number of halogens is 1. The first-order valence-corrected chi connectivity index (χ1v) is 14.1. The maximum atomic E-state index is 14.7. The molecule has 0 bridgehead atoms. The molecule has 1 saturated carbocycles. The van der Waals surface area contributed by atoms with Crippen molar-refractivity contribution in [2.24, 2.45) is 5.73 Å². The Balaban J connectivity index is 1.19. The second-order valence-electron chi connectivity index (χ2n) is 11.0. The van der Waals surface area contributed by atoms with E-state index in [1.807, 2.05) is 0 Å². The molecule has 2 aromatic carbocycles. The summed E-state index contributed by atoms with van der Waals surface area (Å²) >= 11 is 0. The first-order chi connectivity index (χ1) is 19.7. The lowest BCUT2D eigenvalue weighted by atomic mass is 9.92. The monoisotopic (exact) mass is 561 g/mol. The number of hydrogen-bond acceptors (Lipinski definition) is 6. The average Bonchev–Trinajstić information content (AvgIpc) is 3.53. The van der Waals surface area contributed by atoms with Gasteiger partial charge in [-0.15, -0.1) is 5.10 Å². The Morgan fingerprint density at radius 2 is 1.80 bits per heavy atom.